The van der Waals surface area contributed by atoms with Crippen molar-refractivity contribution in [1.29, 1.82) is 0 Å². The molecule has 0 aromatic heterocycles. The van der Waals surface area contributed by atoms with E-state index >= 15 is 0 Å². The minimum absolute atomic E-state index is 0.00390. The van der Waals surface area contributed by atoms with Crippen LogP contribution in [0.5, 0.6) is 0 Å². The summed E-state index contributed by atoms with van der Waals surface area (Å²) in [4.78, 5) is 9.44. The van der Waals surface area contributed by atoms with E-state index in [0.29, 0.717) is 6.07 Å². The average Bonchev–Trinajstić information content (AvgIpc) is 2.06. The third kappa shape index (κ3) is 2.71. The Hall–Kier alpha value is -0.570. The zero-order valence-electron chi connectivity index (χ0n) is 6.81. The molecule has 1 aromatic rings. The summed E-state index contributed by atoms with van der Waals surface area (Å²) >= 11 is 6.92. The highest BCUT2D eigenvalue weighted by Gasteiger charge is 2.35. The zero-order chi connectivity index (χ0) is 11.8. The summed E-state index contributed by atoms with van der Waals surface area (Å²) in [5.41, 5.74) is -1.82. The highest BCUT2D eigenvalue weighted by Crippen LogP contribution is 2.39. The molecule has 0 radical (unpaired) electrons. The summed E-state index contributed by atoms with van der Waals surface area (Å²) in [5.74, 6) is 0. The maximum Gasteiger partial charge on any atom is 0.418 e. The van der Waals surface area contributed by atoms with E-state index in [-0.39, 0.29) is 3.57 Å². The van der Waals surface area contributed by atoms with E-state index in [1.54, 1.807) is 0 Å². The normalized spacial score (nSPS) is 11.5. The van der Waals surface area contributed by atoms with Crippen LogP contribution in [0.2, 0.25) is 5.02 Å². The number of nitro benzene ring substituents is 1. The number of alkyl halides is 3. The lowest BCUT2D eigenvalue weighted by atomic mass is 10.2. The first-order valence-corrected chi connectivity index (χ1v) is 4.90. The lowest BCUT2D eigenvalue weighted by Crippen LogP contribution is -2.07. The molecule has 0 heterocycles. The van der Waals surface area contributed by atoms with E-state index in [2.05, 4.69) is 0 Å². The molecule has 82 valence electrons. The van der Waals surface area contributed by atoms with Gasteiger partial charge in [-0.2, -0.15) is 13.2 Å². The molecule has 0 amide bonds. The fourth-order valence-corrected chi connectivity index (χ4v) is 1.71. The number of rotatable bonds is 1. The Bertz CT molecular complexity index is 421. The second-order valence-corrected chi connectivity index (χ2v) is 4.08. The SMILES string of the molecule is O=[N+]([O-])c1cc(I)c(Cl)c(C(F)(F)F)c1. The Morgan fingerprint density at radius 3 is 2.33 bits per heavy atom. The third-order valence-electron chi connectivity index (χ3n) is 1.53. The van der Waals surface area contributed by atoms with Crippen molar-refractivity contribution in [3.63, 3.8) is 0 Å². The van der Waals surface area contributed by atoms with Crippen LogP contribution in [0.25, 0.3) is 0 Å². The summed E-state index contributed by atoms with van der Waals surface area (Å²) in [6.07, 6.45) is -4.69. The Kier molecular flexibility index (Phi) is 3.44. The van der Waals surface area contributed by atoms with Crippen LogP contribution in [-0.4, -0.2) is 4.92 Å². The van der Waals surface area contributed by atoms with E-state index in [1.165, 1.54) is 22.6 Å². The van der Waals surface area contributed by atoms with Crippen LogP contribution in [0.1, 0.15) is 5.56 Å². The van der Waals surface area contributed by atoms with E-state index < -0.39 is 27.4 Å². The predicted octanol–water partition coefficient (Wildman–Crippen LogP) is 3.87. The number of nitrogens with zero attached hydrogens (tertiary/aromatic N) is 1. The van der Waals surface area contributed by atoms with Gasteiger partial charge in [0.1, 0.15) is 0 Å². The van der Waals surface area contributed by atoms with E-state index in [1.807, 2.05) is 0 Å². The topological polar surface area (TPSA) is 43.1 Å². The lowest BCUT2D eigenvalue weighted by molar-refractivity contribution is -0.385. The summed E-state index contributed by atoms with van der Waals surface area (Å²) in [7, 11) is 0. The molecule has 0 fully saturated rings. The zero-order valence-corrected chi connectivity index (χ0v) is 9.72. The number of hydrogen-bond donors (Lipinski definition) is 0. The van der Waals surface area contributed by atoms with Crippen molar-refractivity contribution >= 4 is 39.9 Å². The van der Waals surface area contributed by atoms with E-state index in [9.17, 15) is 23.3 Å². The summed E-state index contributed by atoms with van der Waals surface area (Å²) in [6, 6.07) is 1.41. The highest BCUT2D eigenvalue weighted by atomic mass is 127. The molecule has 1 rings (SSSR count). The first-order chi connectivity index (χ1) is 6.73. The maximum atomic E-state index is 12.4. The van der Waals surface area contributed by atoms with E-state index in [0.717, 1.165) is 6.07 Å². The van der Waals surface area contributed by atoms with E-state index in [4.69, 9.17) is 11.6 Å². The number of non-ortho nitro benzene ring substituents is 1. The Labute approximate surface area is 101 Å². The van der Waals surface area contributed by atoms with Crippen LogP contribution in [0.3, 0.4) is 0 Å². The molecule has 0 aliphatic rings. The van der Waals surface area contributed by atoms with Crippen LogP contribution >= 0.6 is 34.2 Å². The van der Waals surface area contributed by atoms with Crippen molar-refractivity contribution in [3.8, 4) is 0 Å². The second kappa shape index (κ2) is 4.12. The van der Waals surface area contributed by atoms with Gasteiger partial charge in [-0.1, -0.05) is 11.6 Å². The van der Waals surface area contributed by atoms with Gasteiger partial charge in [0.2, 0.25) is 0 Å². The Morgan fingerprint density at radius 1 is 1.40 bits per heavy atom. The molecule has 0 atom stereocenters. The van der Waals surface area contributed by atoms with Gasteiger partial charge in [0, 0.05) is 15.7 Å². The molecule has 0 saturated heterocycles. The molecule has 15 heavy (non-hydrogen) atoms. The van der Waals surface area contributed by atoms with Crippen LogP contribution in [0, 0.1) is 13.7 Å². The molecule has 0 N–H and O–H groups in total. The number of hydrogen-bond acceptors (Lipinski definition) is 2. The van der Waals surface area contributed by atoms with Crippen molar-refractivity contribution in [2.24, 2.45) is 0 Å². The van der Waals surface area contributed by atoms with Gasteiger partial charge in [0.25, 0.3) is 5.69 Å². The van der Waals surface area contributed by atoms with Gasteiger partial charge in [-0.3, -0.25) is 10.1 Å². The lowest BCUT2D eigenvalue weighted by Gasteiger charge is -2.09. The largest absolute Gasteiger partial charge is 0.418 e. The van der Waals surface area contributed by atoms with Crippen molar-refractivity contribution in [2.45, 2.75) is 6.18 Å². The molecule has 8 heteroatoms. The molecule has 3 nitrogen and oxygen atoms in total. The summed E-state index contributed by atoms with van der Waals surface area (Å²) < 4.78 is 37.1. The van der Waals surface area contributed by atoms with Crippen molar-refractivity contribution in [2.75, 3.05) is 0 Å². The van der Waals surface area contributed by atoms with Crippen molar-refractivity contribution in [3.05, 3.63) is 36.4 Å². The number of halogens is 5. The monoisotopic (exact) mass is 351 g/mol. The third-order valence-corrected chi connectivity index (χ3v) is 3.11. The minimum atomic E-state index is -4.69. The quantitative estimate of drug-likeness (QED) is 0.438. The molecule has 1 aromatic carbocycles. The van der Waals surface area contributed by atoms with Crippen LogP contribution in [0.15, 0.2) is 12.1 Å². The van der Waals surface area contributed by atoms with Gasteiger partial charge in [-0.25, -0.2) is 0 Å². The first kappa shape index (κ1) is 12.5. The number of nitro groups is 1. The van der Waals surface area contributed by atoms with Gasteiger partial charge in [-0.15, -0.1) is 0 Å². The molecule has 0 aliphatic carbocycles. The summed E-state index contributed by atoms with van der Waals surface area (Å²) in [6.45, 7) is 0. The number of benzene rings is 1. The van der Waals surface area contributed by atoms with Crippen LogP contribution < -0.4 is 0 Å². The second-order valence-electron chi connectivity index (χ2n) is 2.54. The van der Waals surface area contributed by atoms with Gasteiger partial charge in [0.15, 0.2) is 0 Å². The molecule has 0 spiro atoms. The van der Waals surface area contributed by atoms with Gasteiger partial charge in [0.05, 0.1) is 15.5 Å². The van der Waals surface area contributed by atoms with Crippen molar-refractivity contribution in [1.82, 2.24) is 0 Å². The molecule has 0 saturated carbocycles. The molecule has 0 unspecified atom stereocenters. The maximum absolute atomic E-state index is 12.4. The smallest absolute Gasteiger partial charge is 0.258 e. The standard InChI is InChI=1S/C7H2ClF3INO2/c8-6-4(7(9,10)11)1-3(13(14)15)2-5(6)12/h1-2H. The van der Waals surface area contributed by atoms with Gasteiger partial charge in [-0.05, 0) is 22.6 Å². The summed E-state index contributed by atoms with van der Waals surface area (Å²) in [5, 5.41) is 9.82. The van der Waals surface area contributed by atoms with Crippen LogP contribution in [-0.2, 0) is 6.18 Å². The molecule has 0 bridgehead atoms. The predicted molar refractivity (Wildman–Crippen MR) is 55.8 cm³/mol. The van der Waals surface area contributed by atoms with Crippen LogP contribution in [0.4, 0.5) is 18.9 Å². The molecular weight excluding hydrogens is 349 g/mol. The molecular formula is C7H2ClF3INO2. The van der Waals surface area contributed by atoms with Crippen molar-refractivity contribution < 1.29 is 18.1 Å². The fourth-order valence-electron chi connectivity index (χ4n) is 0.886. The first-order valence-electron chi connectivity index (χ1n) is 3.44. The van der Waals surface area contributed by atoms with Gasteiger partial charge < -0.3 is 0 Å². The average molecular weight is 351 g/mol. The van der Waals surface area contributed by atoms with Gasteiger partial charge >= 0.3 is 6.18 Å². The Balaban J connectivity index is 3.45. The Morgan fingerprint density at radius 2 is 1.93 bits per heavy atom. The minimum Gasteiger partial charge on any atom is -0.258 e. The molecule has 0 aliphatic heterocycles. The highest BCUT2D eigenvalue weighted by molar-refractivity contribution is 14.1. The fraction of sp³-hybridized carbons (Fsp3) is 0.143.